The van der Waals surface area contributed by atoms with Crippen molar-refractivity contribution in [2.24, 2.45) is 0 Å². The van der Waals surface area contributed by atoms with Crippen LogP contribution in [0.25, 0.3) is 0 Å². The van der Waals surface area contributed by atoms with Gasteiger partial charge >= 0.3 is 11.9 Å². The molecule has 0 aromatic rings. The Kier molecular flexibility index (Phi) is 6.11. The Morgan fingerprint density at radius 3 is 2.18 bits per heavy atom. The molecule has 0 bridgehead atoms. The molecule has 0 aromatic carbocycles. The summed E-state index contributed by atoms with van der Waals surface area (Å²) >= 11 is 0. The maximum absolute atomic E-state index is 11.8. The van der Waals surface area contributed by atoms with Crippen molar-refractivity contribution in [2.75, 3.05) is 27.8 Å². The monoisotopic (exact) mass is 267 g/mol. The number of methoxy groups -OCH3 is 2. The van der Waals surface area contributed by atoms with Gasteiger partial charge in [0.25, 0.3) is 0 Å². The topological polar surface area (TPSA) is 90.0 Å². The Bertz CT molecular complexity index is 377. The van der Waals surface area contributed by atoms with Crippen molar-refractivity contribution >= 4 is 22.0 Å². The smallest absolute Gasteiger partial charge is 0.325 e. The number of hydrogen-bond donors (Lipinski definition) is 0. The van der Waals surface area contributed by atoms with E-state index >= 15 is 0 Å². The first-order valence-electron chi connectivity index (χ1n) is 4.87. The molecule has 17 heavy (non-hydrogen) atoms. The molecule has 0 radical (unpaired) electrons. The second-order valence-electron chi connectivity index (χ2n) is 3.36. The van der Waals surface area contributed by atoms with Gasteiger partial charge in [0, 0.05) is 13.6 Å². The van der Waals surface area contributed by atoms with Gasteiger partial charge < -0.3 is 9.47 Å². The zero-order valence-electron chi connectivity index (χ0n) is 10.3. The van der Waals surface area contributed by atoms with Gasteiger partial charge in [-0.2, -0.15) is 0 Å². The maximum atomic E-state index is 11.8. The summed E-state index contributed by atoms with van der Waals surface area (Å²) in [5.74, 6) is -1.35. The summed E-state index contributed by atoms with van der Waals surface area (Å²) in [5, 5.41) is -1.30. The van der Waals surface area contributed by atoms with Crippen molar-refractivity contribution in [3.8, 4) is 0 Å². The lowest BCUT2D eigenvalue weighted by Gasteiger charge is -2.19. The van der Waals surface area contributed by atoms with Crippen LogP contribution in [0.5, 0.6) is 0 Å². The summed E-state index contributed by atoms with van der Waals surface area (Å²) in [4.78, 5) is 22.0. The summed E-state index contributed by atoms with van der Waals surface area (Å²) < 4.78 is 33.3. The average molecular weight is 267 g/mol. The fourth-order valence-corrected chi connectivity index (χ4v) is 2.26. The summed E-state index contributed by atoms with van der Waals surface area (Å²) in [6.07, 6.45) is -0.0693. The van der Waals surface area contributed by atoms with Gasteiger partial charge in [-0.25, -0.2) is 12.7 Å². The highest BCUT2D eigenvalue weighted by Crippen LogP contribution is 2.09. The van der Waals surface area contributed by atoms with E-state index in [1.165, 1.54) is 21.1 Å². The largest absolute Gasteiger partial charge is 0.469 e. The first-order valence-corrected chi connectivity index (χ1v) is 6.37. The standard InChI is InChI=1S/C9H17NO6S/c1-7(9(12)16-4)17(13,14)10(2)6-5-8(11)15-3/h7H,5-6H2,1-4H3. The molecule has 0 saturated heterocycles. The molecule has 100 valence electrons. The highest BCUT2D eigenvalue weighted by atomic mass is 32.2. The maximum Gasteiger partial charge on any atom is 0.325 e. The van der Waals surface area contributed by atoms with Crippen LogP contribution >= 0.6 is 0 Å². The number of rotatable bonds is 6. The van der Waals surface area contributed by atoms with Gasteiger partial charge in [0.1, 0.15) is 0 Å². The zero-order valence-corrected chi connectivity index (χ0v) is 11.1. The van der Waals surface area contributed by atoms with Gasteiger partial charge in [-0.15, -0.1) is 0 Å². The molecule has 0 rings (SSSR count). The molecule has 0 heterocycles. The van der Waals surface area contributed by atoms with Crippen molar-refractivity contribution < 1.29 is 27.5 Å². The molecular formula is C9H17NO6S. The third-order valence-corrected chi connectivity index (χ3v) is 4.41. The van der Waals surface area contributed by atoms with Crippen LogP contribution in [0.2, 0.25) is 0 Å². The Labute approximate surface area is 101 Å². The van der Waals surface area contributed by atoms with Crippen LogP contribution in [0.3, 0.4) is 0 Å². The molecule has 0 aliphatic rings. The molecule has 8 heteroatoms. The molecule has 0 fully saturated rings. The predicted octanol–water partition coefficient (Wildman–Crippen LogP) is -0.627. The highest BCUT2D eigenvalue weighted by Gasteiger charge is 2.32. The van der Waals surface area contributed by atoms with Crippen LogP contribution in [-0.4, -0.2) is 57.7 Å². The normalized spacial score (nSPS) is 13.2. The number of carbonyl (C=O) groups is 2. The van der Waals surface area contributed by atoms with Gasteiger partial charge in [-0.05, 0) is 6.92 Å². The van der Waals surface area contributed by atoms with Gasteiger partial charge in [0.15, 0.2) is 5.25 Å². The summed E-state index contributed by atoms with van der Waals surface area (Å²) in [5.41, 5.74) is 0. The molecule has 0 N–H and O–H groups in total. The van der Waals surface area contributed by atoms with E-state index in [-0.39, 0.29) is 13.0 Å². The van der Waals surface area contributed by atoms with Gasteiger partial charge in [-0.3, -0.25) is 9.59 Å². The Hall–Kier alpha value is -1.15. The van der Waals surface area contributed by atoms with E-state index in [1.54, 1.807) is 0 Å². The fourth-order valence-electron chi connectivity index (χ4n) is 1.04. The second kappa shape index (κ2) is 6.55. The lowest BCUT2D eigenvalue weighted by molar-refractivity contribution is -0.141. The lowest BCUT2D eigenvalue weighted by atomic mass is 10.4. The molecular weight excluding hydrogens is 250 g/mol. The van der Waals surface area contributed by atoms with Crippen LogP contribution in [0.15, 0.2) is 0 Å². The first-order chi connectivity index (χ1) is 7.77. The Morgan fingerprint density at radius 1 is 1.24 bits per heavy atom. The molecule has 0 spiro atoms. The fraction of sp³-hybridized carbons (Fsp3) is 0.778. The third-order valence-electron chi connectivity index (χ3n) is 2.27. The van der Waals surface area contributed by atoms with Crippen molar-refractivity contribution in [1.82, 2.24) is 4.31 Å². The van der Waals surface area contributed by atoms with Crippen molar-refractivity contribution in [2.45, 2.75) is 18.6 Å². The van der Waals surface area contributed by atoms with Gasteiger partial charge in [-0.1, -0.05) is 0 Å². The van der Waals surface area contributed by atoms with E-state index in [2.05, 4.69) is 9.47 Å². The molecule has 0 aromatic heterocycles. The first kappa shape index (κ1) is 15.9. The number of carbonyl (C=O) groups excluding carboxylic acids is 2. The van der Waals surface area contributed by atoms with E-state index in [0.29, 0.717) is 0 Å². The summed E-state index contributed by atoms with van der Waals surface area (Å²) in [6.45, 7) is 1.19. The molecule has 7 nitrogen and oxygen atoms in total. The quantitative estimate of drug-likeness (QED) is 0.595. The number of ether oxygens (including phenoxy) is 2. The molecule has 0 aliphatic carbocycles. The van der Waals surface area contributed by atoms with Gasteiger partial charge in [0.05, 0.1) is 20.6 Å². The van der Waals surface area contributed by atoms with Crippen LogP contribution in [0.4, 0.5) is 0 Å². The van der Waals surface area contributed by atoms with E-state index in [1.807, 2.05) is 0 Å². The SMILES string of the molecule is COC(=O)CCN(C)S(=O)(=O)C(C)C(=O)OC. The van der Waals surface area contributed by atoms with Gasteiger partial charge in [0.2, 0.25) is 10.0 Å². The molecule has 0 aliphatic heterocycles. The predicted molar refractivity (Wildman–Crippen MR) is 59.7 cm³/mol. The van der Waals surface area contributed by atoms with E-state index in [9.17, 15) is 18.0 Å². The van der Waals surface area contributed by atoms with E-state index < -0.39 is 27.2 Å². The number of hydrogen-bond acceptors (Lipinski definition) is 6. The highest BCUT2D eigenvalue weighted by molar-refractivity contribution is 7.90. The minimum atomic E-state index is -3.80. The zero-order chi connectivity index (χ0) is 13.6. The number of sulfonamides is 1. The molecule has 1 unspecified atom stereocenters. The van der Waals surface area contributed by atoms with E-state index in [0.717, 1.165) is 11.4 Å². The van der Waals surface area contributed by atoms with Crippen LogP contribution in [0, 0.1) is 0 Å². The van der Waals surface area contributed by atoms with E-state index in [4.69, 9.17) is 0 Å². The summed E-state index contributed by atoms with van der Waals surface area (Å²) in [6, 6.07) is 0. The van der Waals surface area contributed by atoms with Crippen molar-refractivity contribution in [3.63, 3.8) is 0 Å². The second-order valence-corrected chi connectivity index (χ2v) is 5.72. The molecule has 1 atom stereocenters. The van der Waals surface area contributed by atoms with Crippen molar-refractivity contribution in [1.29, 1.82) is 0 Å². The molecule has 0 amide bonds. The van der Waals surface area contributed by atoms with Crippen LogP contribution in [0.1, 0.15) is 13.3 Å². The van der Waals surface area contributed by atoms with Crippen LogP contribution in [-0.2, 0) is 29.1 Å². The van der Waals surface area contributed by atoms with Crippen molar-refractivity contribution in [3.05, 3.63) is 0 Å². The summed E-state index contributed by atoms with van der Waals surface area (Å²) in [7, 11) is -0.184. The third kappa shape index (κ3) is 4.31. The Morgan fingerprint density at radius 2 is 1.76 bits per heavy atom. The molecule has 0 saturated carbocycles. The minimum absolute atomic E-state index is 0.0453. The average Bonchev–Trinajstić information content (AvgIpc) is 2.32. The lowest BCUT2D eigenvalue weighted by Crippen LogP contribution is -2.40. The number of nitrogens with zero attached hydrogens (tertiary/aromatic N) is 1. The Balaban J connectivity index is 4.60. The minimum Gasteiger partial charge on any atom is -0.469 e. The number of esters is 2. The van der Waals surface area contributed by atoms with Crippen LogP contribution < -0.4 is 0 Å².